The number of carbonyl (C=O) groups excluding carboxylic acids is 1. The molecule has 0 saturated carbocycles. The topological polar surface area (TPSA) is 78.0 Å². The molecular formula is C22H44IN5O2. The van der Waals surface area contributed by atoms with Gasteiger partial charge >= 0.3 is 6.09 Å². The first-order chi connectivity index (χ1) is 13.5. The van der Waals surface area contributed by atoms with Gasteiger partial charge in [0.25, 0.3) is 0 Å². The molecule has 8 heteroatoms. The van der Waals surface area contributed by atoms with E-state index in [0.717, 1.165) is 51.3 Å². The molecule has 0 atom stereocenters. The van der Waals surface area contributed by atoms with E-state index in [0.29, 0.717) is 12.6 Å². The average Bonchev–Trinajstić information content (AvgIpc) is 2.63. The third-order valence-corrected chi connectivity index (χ3v) is 5.36. The van der Waals surface area contributed by atoms with Crippen molar-refractivity contribution in [2.75, 3.05) is 33.2 Å². The van der Waals surface area contributed by atoms with Crippen LogP contribution in [0.3, 0.4) is 0 Å². The van der Waals surface area contributed by atoms with Crippen LogP contribution in [0.4, 0.5) is 4.79 Å². The Labute approximate surface area is 200 Å². The van der Waals surface area contributed by atoms with Crippen LogP contribution in [-0.2, 0) is 4.74 Å². The maximum Gasteiger partial charge on any atom is 0.408 e. The maximum absolute atomic E-state index is 12.3. The standard InChI is InChI=1S/C22H43N5O2.HI/c1-9-22(10-2,26-20(28)29-21(5,6)7)16-24-19(23-8)25-18-11-13-27(14-12-18)15-17(3)4;/h18H,3,9-16H2,1-2,4-8H3,(H,26,28)(H2,23,24,25);1H. The van der Waals surface area contributed by atoms with Gasteiger partial charge in [0, 0.05) is 39.3 Å². The summed E-state index contributed by atoms with van der Waals surface area (Å²) in [6.45, 7) is 19.6. The summed E-state index contributed by atoms with van der Waals surface area (Å²) in [4.78, 5) is 19.1. The van der Waals surface area contributed by atoms with Crippen molar-refractivity contribution in [1.29, 1.82) is 0 Å². The number of hydrogen-bond donors (Lipinski definition) is 3. The zero-order chi connectivity index (χ0) is 22.1. The number of likely N-dealkylation sites (tertiary alicyclic amines) is 1. The molecule has 3 N–H and O–H groups in total. The molecule has 0 spiro atoms. The summed E-state index contributed by atoms with van der Waals surface area (Å²) < 4.78 is 5.45. The van der Waals surface area contributed by atoms with Gasteiger partial charge in [0.15, 0.2) is 5.96 Å². The molecule has 0 aromatic carbocycles. The minimum atomic E-state index is -0.513. The third-order valence-electron chi connectivity index (χ3n) is 5.36. The quantitative estimate of drug-likeness (QED) is 0.190. The van der Waals surface area contributed by atoms with Crippen LogP contribution in [0.1, 0.15) is 67.2 Å². The summed E-state index contributed by atoms with van der Waals surface area (Å²) in [6, 6.07) is 0.402. The highest BCUT2D eigenvalue weighted by molar-refractivity contribution is 14.0. The molecule has 1 amide bonds. The minimum absolute atomic E-state index is 0. The Morgan fingerprint density at radius 2 is 1.77 bits per heavy atom. The second-order valence-electron chi connectivity index (χ2n) is 9.19. The van der Waals surface area contributed by atoms with Gasteiger partial charge in [-0.25, -0.2) is 4.79 Å². The Bertz CT molecular complexity index is 562. The highest BCUT2D eigenvalue weighted by Crippen LogP contribution is 2.17. The maximum atomic E-state index is 12.3. The van der Waals surface area contributed by atoms with Crippen molar-refractivity contribution in [3.63, 3.8) is 0 Å². The van der Waals surface area contributed by atoms with Crippen LogP contribution in [0.2, 0.25) is 0 Å². The normalized spacial score (nSPS) is 16.4. The predicted octanol–water partition coefficient (Wildman–Crippen LogP) is 3.89. The van der Waals surface area contributed by atoms with Gasteiger partial charge in [-0.15, -0.1) is 24.0 Å². The lowest BCUT2D eigenvalue weighted by Gasteiger charge is -2.36. The Hall–Kier alpha value is -1.03. The van der Waals surface area contributed by atoms with Crippen LogP contribution in [0.5, 0.6) is 0 Å². The van der Waals surface area contributed by atoms with E-state index in [4.69, 9.17) is 4.74 Å². The average molecular weight is 538 g/mol. The monoisotopic (exact) mass is 537 g/mol. The first-order valence-electron chi connectivity index (χ1n) is 10.9. The number of piperidine rings is 1. The number of nitrogens with one attached hydrogen (secondary N) is 3. The molecule has 1 heterocycles. The van der Waals surface area contributed by atoms with E-state index in [-0.39, 0.29) is 35.6 Å². The lowest BCUT2D eigenvalue weighted by atomic mass is 9.93. The highest BCUT2D eigenvalue weighted by Gasteiger charge is 2.31. The van der Waals surface area contributed by atoms with Crippen LogP contribution < -0.4 is 16.0 Å². The molecule has 1 aliphatic rings. The predicted molar refractivity (Wildman–Crippen MR) is 137 cm³/mol. The summed E-state index contributed by atoms with van der Waals surface area (Å²) in [6.07, 6.45) is 3.38. The fourth-order valence-electron chi connectivity index (χ4n) is 3.50. The van der Waals surface area contributed by atoms with Crippen molar-refractivity contribution >= 4 is 36.0 Å². The molecular weight excluding hydrogens is 493 g/mol. The first kappa shape index (κ1) is 29.0. The lowest BCUT2D eigenvalue weighted by Crippen LogP contribution is -2.58. The van der Waals surface area contributed by atoms with Gasteiger partial charge in [0.1, 0.15) is 5.60 Å². The molecule has 0 radical (unpaired) electrons. The van der Waals surface area contributed by atoms with Gasteiger partial charge in [0.05, 0.1) is 5.54 Å². The van der Waals surface area contributed by atoms with Crippen molar-refractivity contribution in [2.45, 2.75) is 84.4 Å². The summed E-state index contributed by atoms with van der Waals surface area (Å²) in [5.41, 5.74) is 0.313. The van der Waals surface area contributed by atoms with Gasteiger partial charge in [-0.2, -0.15) is 0 Å². The SMILES string of the molecule is C=C(C)CN1CCC(NC(=NC)NCC(CC)(CC)NC(=O)OC(C)(C)C)CC1.I. The van der Waals surface area contributed by atoms with Gasteiger partial charge in [0.2, 0.25) is 0 Å². The van der Waals surface area contributed by atoms with E-state index in [1.807, 2.05) is 20.8 Å². The number of alkyl carbamates (subject to hydrolysis) is 1. The Morgan fingerprint density at radius 1 is 1.20 bits per heavy atom. The molecule has 30 heavy (non-hydrogen) atoms. The first-order valence-corrected chi connectivity index (χ1v) is 10.9. The van der Waals surface area contributed by atoms with Crippen LogP contribution in [0.25, 0.3) is 0 Å². The highest BCUT2D eigenvalue weighted by atomic mass is 127. The number of amides is 1. The smallest absolute Gasteiger partial charge is 0.408 e. The number of aliphatic imine (C=N–C) groups is 1. The fraction of sp³-hybridized carbons (Fsp3) is 0.818. The second kappa shape index (κ2) is 13.4. The molecule has 0 aromatic heterocycles. The number of ether oxygens (including phenoxy) is 1. The molecule has 1 fully saturated rings. The molecule has 1 aliphatic heterocycles. The molecule has 0 aromatic rings. The van der Waals surface area contributed by atoms with Crippen LogP contribution in [0.15, 0.2) is 17.1 Å². The number of nitrogens with zero attached hydrogens (tertiary/aromatic N) is 2. The van der Waals surface area contributed by atoms with E-state index < -0.39 is 5.60 Å². The molecule has 1 saturated heterocycles. The Kier molecular flexibility index (Phi) is 12.9. The molecule has 7 nitrogen and oxygen atoms in total. The molecule has 0 aliphatic carbocycles. The van der Waals surface area contributed by atoms with E-state index in [1.54, 1.807) is 7.05 Å². The Balaban J connectivity index is 0.00000841. The minimum Gasteiger partial charge on any atom is -0.444 e. The van der Waals surface area contributed by atoms with Gasteiger partial charge in [-0.3, -0.25) is 9.89 Å². The Morgan fingerprint density at radius 3 is 2.20 bits per heavy atom. The third kappa shape index (κ3) is 10.8. The number of hydrogen-bond acceptors (Lipinski definition) is 4. The van der Waals surface area contributed by atoms with E-state index in [9.17, 15) is 4.79 Å². The number of halogens is 1. The lowest BCUT2D eigenvalue weighted by molar-refractivity contribution is 0.0448. The van der Waals surface area contributed by atoms with Crippen LogP contribution >= 0.6 is 24.0 Å². The van der Waals surface area contributed by atoms with Crippen molar-refractivity contribution in [2.24, 2.45) is 4.99 Å². The van der Waals surface area contributed by atoms with Crippen LogP contribution in [0, 0.1) is 0 Å². The van der Waals surface area contributed by atoms with E-state index in [1.165, 1.54) is 5.57 Å². The van der Waals surface area contributed by atoms with Gasteiger partial charge in [-0.05, 0) is 53.4 Å². The van der Waals surface area contributed by atoms with Gasteiger partial charge in [-0.1, -0.05) is 26.0 Å². The summed E-state index contributed by atoms with van der Waals surface area (Å²) >= 11 is 0. The summed E-state index contributed by atoms with van der Waals surface area (Å²) in [7, 11) is 1.78. The molecule has 0 bridgehead atoms. The number of rotatable bonds is 8. The zero-order valence-corrected chi connectivity index (χ0v) is 22.4. The van der Waals surface area contributed by atoms with Crippen molar-refractivity contribution in [3.8, 4) is 0 Å². The summed E-state index contributed by atoms with van der Waals surface area (Å²) in [5.74, 6) is 0.778. The number of guanidine groups is 1. The van der Waals surface area contributed by atoms with E-state index in [2.05, 4.69) is 53.2 Å². The van der Waals surface area contributed by atoms with Gasteiger partial charge < -0.3 is 20.7 Å². The van der Waals surface area contributed by atoms with Crippen LogP contribution in [-0.4, -0.2) is 67.4 Å². The molecule has 1 rings (SSSR count). The molecule has 0 unspecified atom stereocenters. The van der Waals surface area contributed by atoms with Crippen molar-refractivity contribution < 1.29 is 9.53 Å². The zero-order valence-electron chi connectivity index (χ0n) is 20.1. The molecule has 176 valence electrons. The number of carbonyl (C=O) groups is 1. The fourth-order valence-corrected chi connectivity index (χ4v) is 3.50. The summed E-state index contributed by atoms with van der Waals surface area (Å²) in [5, 5.41) is 10.0. The largest absolute Gasteiger partial charge is 0.444 e. The second-order valence-corrected chi connectivity index (χ2v) is 9.19. The van der Waals surface area contributed by atoms with Crippen molar-refractivity contribution in [3.05, 3.63) is 12.2 Å². The van der Waals surface area contributed by atoms with Crippen molar-refractivity contribution in [1.82, 2.24) is 20.9 Å². The van der Waals surface area contributed by atoms with E-state index >= 15 is 0 Å².